The number of sulfonamides is 1. The zero-order chi connectivity index (χ0) is 17.6. The maximum absolute atomic E-state index is 12.4. The Bertz CT molecular complexity index is 675. The van der Waals surface area contributed by atoms with Crippen molar-refractivity contribution in [2.75, 3.05) is 18.5 Å². The lowest BCUT2D eigenvalue weighted by molar-refractivity contribution is -0.142. The number of aryl methyl sites for hydroxylation is 2. The average molecular weight is 342 g/mol. The van der Waals surface area contributed by atoms with Gasteiger partial charge < -0.3 is 10.1 Å². The quantitative estimate of drug-likeness (QED) is 0.731. The second kappa shape index (κ2) is 8.07. The second-order valence-electron chi connectivity index (χ2n) is 5.07. The van der Waals surface area contributed by atoms with Crippen LogP contribution < -0.4 is 10.0 Å². The van der Waals surface area contributed by atoms with E-state index in [1.807, 2.05) is 0 Å². The van der Waals surface area contributed by atoms with Gasteiger partial charge in [0.05, 0.1) is 17.9 Å². The van der Waals surface area contributed by atoms with Gasteiger partial charge in [-0.05, 0) is 44.0 Å². The van der Waals surface area contributed by atoms with E-state index in [1.165, 1.54) is 6.92 Å². The first-order valence-electron chi connectivity index (χ1n) is 7.21. The Hall–Kier alpha value is -1.93. The number of hydrogen-bond donors (Lipinski definition) is 2. The topological polar surface area (TPSA) is 102 Å². The summed E-state index contributed by atoms with van der Waals surface area (Å²) in [6.07, 6.45) is -0.0326. The van der Waals surface area contributed by atoms with Crippen LogP contribution in [0, 0.1) is 13.8 Å². The van der Waals surface area contributed by atoms with Crippen molar-refractivity contribution in [2.24, 2.45) is 0 Å². The molecule has 0 aromatic heterocycles. The van der Waals surface area contributed by atoms with Crippen molar-refractivity contribution in [3.63, 3.8) is 0 Å². The zero-order valence-electron chi connectivity index (χ0n) is 13.7. The summed E-state index contributed by atoms with van der Waals surface area (Å²) in [5.41, 5.74) is 1.56. The number of carbonyl (C=O) groups is 2. The van der Waals surface area contributed by atoms with Crippen molar-refractivity contribution >= 4 is 27.6 Å². The fourth-order valence-electron chi connectivity index (χ4n) is 2.24. The molecule has 1 aromatic carbocycles. The largest absolute Gasteiger partial charge is 0.466 e. The zero-order valence-corrected chi connectivity index (χ0v) is 14.5. The molecule has 1 aromatic rings. The van der Waals surface area contributed by atoms with Gasteiger partial charge in [-0.2, -0.15) is 0 Å². The van der Waals surface area contributed by atoms with Crippen LogP contribution in [0.5, 0.6) is 0 Å². The van der Waals surface area contributed by atoms with E-state index in [2.05, 4.69) is 10.0 Å². The first kappa shape index (κ1) is 19.1. The lowest BCUT2D eigenvalue weighted by Crippen LogP contribution is -2.28. The molecule has 0 saturated heterocycles. The van der Waals surface area contributed by atoms with Crippen LogP contribution in [0.1, 0.15) is 31.4 Å². The van der Waals surface area contributed by atoms with Crippen LogP contribution >= 0.6 is 0 Å². The van der Waals surface area contributed by atoms with Crippen molar-refractivity contribution < 1.29 is 22.7 Å². The number of benzene rings is 1. The highest BCUT2D eigenvalue weighted by Gasteiger charge is 2.20. The normalized spacial score (nSPS) is 11.1. The second-order valence-corrected chi connectivity index (χ2v) is 6.78. The molecule has 8 heteroatoms. The molecular weight excluding hydrogens is 320 g/mol. The summed E-state index contributed by atoms with van der Waals surface area (Å²) >= 11 is 0. The smallest absolute Gasteiger partial charge is 0.307 e. The minimum atomic E-state index is -3.75. The van der Waals surface area contributed by atoms with E-state index in [0.29, 0.717) is 16.8 Å². The standard InChI is InChI=1S/C15H22N2O5S/c1-5-22-14(19)6-7-16-23(20,21)15-10(2)8-13(9-11(15)3)17-12(4)18/h8-9,16H,5-7H2,1-4H3,(H,17,18). The highest BCUT2D eigenvalue weighted by molar-refractivity contribution is 7.89. The first-order chi connectivity index (χ1) is 10.7. The Morgan fingerprint density at radius 3 is 2.22 bits per heavy atom. The summed E-state index contributed by atoms with van der Waals surface area (Å²) in [5, 5.41) is 2.62. The molecule has 0 fully saturated rings. The molecule has 0 aliphatic carbocycles. The maximum Gasteiger partial charge on any atom is 0.307 e. The monoisotopic (exact) mass is 342 g/mol. The fourth-order valence-corrected chi connectivity index (χ4v) is 3.72. The van der Waals surface area contributed by atoms with Crippen molar-refractivity contribution in [2.45, 2.75) is 39.0 Å². The molecule has 0 spiro atoms. The molecule has 1 amide bonds. The predicted molar refractivity (Wildman–Crippen MR) is 86.7 cm³/mol. The molecule has 0 heterocycles. The van der Waals surface area contributed by atoms with Crippen LogP contribution in [0.4, 0.5) is 5.69 Å². The van der Waals surface area contributed by atoms with Gasteiger partial charge >= 0.3 is 5.97 Å². The van der Waals surface area contributed by atoms with Crippen molar-refractivity contribution in [1.82, 2.24) is 4.72 Å². The van der Waals surface area contributed by atoms with Crippen LogP contribution in [0.3, 0.4) is 0 Å². The third-order valence-corrected chi connectivity index (χ3v) is 4.74. The van der Waals surface area contributed by atoms with E-state index in [9.17, 15) is 18.0 Å². The summed E-state index contributed by atoms with van der Waals surface area (Å²) in [6, 6.07) is 3.18. The molecule has 0 radical (unpaired) electrons. The molecule has 0 saturated carbocycles. The van der Waals surface area contributed by atoms with Crippen molar-refractivity contribution in [3.8, 4) is 0 Å². The predicted octanol–water partition coefficient (Wildman–Crippen LogP) is 1.49. The number of esters is 1. The lowest BCUT2D eigenvalue weighted by atomic mass is 10.1. The molecule has 0 aliphatic heterocycles. The van der Waals surface area contributed by atoms with E-state index in [-0.39, 0.29) is 30.4 Å². The molecule has 0 aliphatic rings. The van der Waals surface area contributed by atoms with E-state index < -0.39 is 16.0 Å². The highest BCUT2D eigenvalue weighted by atomic mass is 32.2. The number of anilines is 1. The number of amides is 1. The molecule has 0 bridgehead atoms. The Balaban J connectivity index is 2.91. The van der Waals surface area contributed by atoms with Crippen molar-refractivity contribution in [1.29, 1.82) is 0 Å². The van der Waals surface area contributed by atoms with Crippen LogP contribution in [-0.4, -0.2) is 33.4 Å². The minimum Gasteiger partial charge on any atom is -0.466 e. The van der Waals surface area contributed by atoms with E-state index in [0.717, 1.165) is 0 Å². The fraction of sp³-hybridized carbons (Fsp3) is 0.467. The molecule has 0 atom stereocenters. The van der Waals surface area contributed by atoms with Gasteiger partial charge in [-0.25, -0.2) is 13.1 Å². The number of carbonyl (C=O) groups excluding carboxylic acids is 2. The van der Waals surface area contributed by atoms with E-state index in [1.54, 1.807) is 32.9 Å². The van der Waals surface area contributed by atoms with Gasteiger partial charge in [-0.1, -0.05) is 0 Å². The summed E-state index contributed by atoms with van der Waals surface area (Å²) in [5.74, 6) is -0.684. The minimum absolute atomic E-state index is 0.0326. The molecule has 0 unspecified atom stereocenters. The summed E-state index contributed by atoms with van der Waals surface area (Å²) in [4.78, 5) is 22.5. The molecule has 1 rings (SSSR count). The van der Waals surface area contributed by atoms with Crippen LogP contribution in [0.25, 0.3) is 0 Å². The molecule has 7 nitrogen and oxygen atoms in total. The van der Waals surface area contributed by atoms with Crippen LogP contribution in [-0.2, 0) is 24.3 Å². The number of hydrogen-bond acceptors (Lipinski definition) is 5. The third kappa shape index (κ3) is 5.65. The van der Waals surface area contributed by atoms with Crippen LogP contribution in [0.2, 0.25) is 0 Å². The van der Waals surface area contributed by atoms with Gasteiger partial charge in [0.15, 0.2) is 0 Å². The maximum atomic E-state index is 12.4. The van der Waals surface area contributed by atoms with E-state index in [4.69, 9.17) is 4.74 Å². The highest BCUT2D eigenvalue weighted by Crippen LogP contribution is 2.24. The summed E-state index contributed by atoms with van der Waals surface area (Å²) < 4.78 is 31.9. The SMILES string of the molecule is CCOC(=O)CCNS(=O)(=O)c1c(C)cc(NC(C)=O)cc1C. The Morgan fingerprint density at radius 1 is 1.17 bits per heavy atom. The molecule has 128 valence electrons. The third-order valence-electron chi connectivity index (χ3n) is 2.98. The van der Waals surface area contributed by atoms with Crippen LogP contribution in [0.15, 0.2) is 17.0 Å². The van der Waals surface area contributed by atoms with Gasteiger partial charge in [0.1, 0.15) is 0 Å². The average Bonchev–Trinajstić information content (AvgIpc) is 2.36. The summed E-state index contributed by atoms with van der Waals surface area (Å²) in [6.45, 7) is 6.59. The molecule has 2 N–H and O–H groups in total. The lowest BCUT2D eigenvalue weighted by Gasteiger charge is -2.14. The Morgan fingerprint density at radius 2 is 1.74 bits per heavy atom. The molecule has 23 heavy (non-hydrogen) atoms. The first-order valence-corrected chi connectivity index (χ1v) is 8.69. The summed E-state index contributed by atoms with van der Waals surface area (Å²) in [7, 11) is -3.75. The van der Waals surface area contributed by atoms with Gasteiger partial charge in [-0.15, -0.1) is 0 Å². The van der Waals surface area contributed by atoms with Gasteiger partial charge in [0.25, 0.3) is 0 Å². The number of ether oxygens (including phenoxy) is 1. The Labute approximate surface area is 136 Å². The van der Waals surface area contributed by atoms with Gasteiger partial charge in [0, 0.05) is 19.2 Å². The van der Waals surface area contributed by atoms with Gasteiger partial charge in [-0.3, -0.25) is 9.59 Å². The van der Waals surface area contributed by atoms with E-state index >= 15 is 0 Å². The van der Waals surface area contributed by atoms with Gasteiger partial charge in [0.2, 0.25) is 15.9 Å². The molecular formula is C15H22N2O5S. The number of rotatable bonds is 7. The van der Waals surface area contributed by atoms with Crippen molar-refractivity contribution in [3.05, 3.63) is 23.3 Å². The Kier molecular flexibility index (Phi) is 6.71. The number of nitrogens with one attached hydrogen (secondary N) is 2.